The minimum Gasteiger partial charge on any atom is -0.370 e. The van der Waals surface area contributed by atoms with Gasteiger partial charge in [-0.25, -0.2) is 9.97 Å². The third-order valence-electron chi connectivity index (χ3n) is 3.78. The number of rotatable bonds is 6. The van der Waals surface area contributed by atoms with E-state index in [1.807, 2.05) is 0 Å². The number of thioether (sulfide) groups is 1. The van der Waals surface area contributed by atoms with Gasteiger partial charge < -0.3 is 10.6 Å². The van der Waals surface area contributed by atoms with E-state index < -0.39 is 0 Å². The van der Waals surface area contributed by atoms with Gasteiger partial charge in [-0.2, -0.15) is 11.8 Å². The first-order valence-electron chi connectivity index (χ1n) is 7.57. The van der Waals surface area contributed by atoms with Crippen molar-refractivity contribution in [1.29, 1.82) is 0 Å². The molecule has 2 N–H and O–H groups in total. The number of anilines is 2. The molecule has 2 rings (SSSR count). The quantitative estimate of drug-likeness (QED) is 0.841. The second-order valence-corrected chi connectivity index (χ2v) is 7.28. The van der Waals surface area contributed by atoms with Gasteiger partial charge in [0.1, 0.15) is 17.5 Å². The van der Waals surface area contributed by atoms with E-state index in [1.54, 1.807) is 0 Å². The zero-order valence-electron chi connectivity index (χ0n) is 13.0. The number of aryl methyl sites for hydroxylation is 1. The first-order valence-corrected chi connectivity index (χ1v) is 8.55. The van der Waals surface area contributed by atoms with Crippen molar-refractivity contribution in [2.24, 2.45) is 0 Å². The maximum Gasteiger partial charge on any atom is 0.134 e. The predicted octanol–water partition coefficient (Wildman–Crippen LogP) is 3.48. The summed E-state index contributed by atoms with van der Waals surface area (Å²) in [7, 11) is 0. The summed E-state index contributed by atoms with van der Waals surface area (Å²) in [6, 6.07) is 0. The van der Waals surface area contributed by atoms with Crippen molar-refractivity contribution < 1.29 is 0 Å². The molecule has 1 aromatic heterocycles. The molecular formula is C15H26N4S. The van der Waals surface area contributed by atoms with E-state index in [9.17, 15) is 0 Å². The summed E-state index contributed by atoms with van der Waals surface area (Å²) in [5.41, 5.74) is 1.12. The molecule has 20 heavy (non-hydrogen) atoms. The van der Waals surface area contributed by atoms with Gasteiger partial charge in [0.2, 0.25) is 0 Å². The van der Waals surface area contributed by atoms with Crippen LogP contribution in [0.3, 0.4) is 0 Å². The number of hydrogen-bond acceptors (Lipinski definition) is 5. The smallest absolute Gasteiger partial charge is 0.134 e. The Morgan fingerprint density at radius 3 is 2.45 bits per heavy atom. The van der Waals surface area contributed by atoms with Crippen LogP contribution in [0.1, 0.15) is 45.0 Å². The Bertz CT molecular complexity index is 455. The Hall–Kier alpha value is -0.970. The highest BCUT2D eigenvalue weighted by molar-refractivity contribution is 8.00. The van der Waals surface area contributed by atoms with E-state index in [-0.39, 0.29) is 0 Å². The standard InChI is InChI=1S/C15H26N4S/c1-5-12-18-13(16-6-2)11(3)14(19-12)17-10-15(4)8-7-9-20-15/h5-10H2,1-4H3,(H2,16,17,18,19). The molecule has 0 bridgehead atoms. The molecule has 4 nitrogen and oxygen atoms in total. The predicted molar refractivity (Wildman–Crippen MR) is 88.9 cm³/mol. The molecule has 2 heterocycles. The Kier molecular flexibility index (Phi) is 5.13. The highest BCUT2D eigenvalue weighted by Gasteiger charge is 2.29. The van der Waals surface area contributed by atoms with E-state index in [0.29, 0.717) is 4.75 Å². The average Bonchev–Trinajstić information content (AvgIpc) is 2.87. The van der Waals surface area contributed by atoms with Crippen LogP contribution in [-0.2, 0) is 6.42 Å². The van der Waals surface area contributed by atoms with Crippen molar-refractivity contribution in [2.75, 3.05) is 29.5 Å². The first-order chi connectivity index (χ1) is 9.58. The third kappa shape index (κ3) is 3.57. The van der Waals surface area contributed by atoms with Crippen LogP contribution in [0.2, 0.25) is 0 Å². The van der Waals surface area contributed by atoms with E-state index >= 15 is 0 Å². The molecule has 1 aromatic rings. The van der Waals surface area contributed by atoms with Gasteiger partial charge in [0.05, 0.1) is 0 Å². The van der Waals surface area contributed by atoms with Gasteiger partial charge in [0.15, 0.2) is 0 Å². The first kappa shape index (κ1) is 15.4. The molecule has 0 spiro atoms. The highest BCUT2D eigenvalue weighted by Crippen LogP contribution is 2.37. The third-order valence-corrected chi connectivity index (χ3v) is 5.32. The van der Waals surface area contributed by atoms with Crippen LogP contribution in [0.25, 0.3) is 0 Å². The SMILES string of the molecule is CCNc1nc(CC)nc(NCC2(C)CCCS2)c1C. The molecule has 0 aliphatic carbocycles. The van der Waals surface area contributed by atoms with Crippen molar-refractivity contribution >= 4 is 23.4 Å². The fourth-order valence-electron chi connectivity index (χ4n) is 2.48. The number of nitrogens with zero attached hydrogens (tertiary/aromatic N) is 2. The molecule has 0 saturated carbocycles. The lowest BCUT2D eigenvalue weighted by atomic mass is 10.1. The number of hydrogen-bond donors (Lipinski definition) is 2. The minimum absolute atomic E-state index is 0.349. The Morgan fingerprint density at radius 1 is 1.20 bits per heavy atom. The maximum absolute atomic E-state index is 4.65. The lowest BCUT2D eigenvalue weighted by Crippen LogP contribution is -2.28. The lowest BCUT2D eigenvalue weighted by molar-refractivity contribution is 0.633. The van der Waals surface area contributed by atoms with Crippen LogP contribution < -0.4 is 10.6 Å². The second-order valence-electron chi connectivity index (χ2n) is 5.60. The molecule has 0 radical (unpaired) electrons. The summed E-state index contributed by atoms with van der Waals surface area (Å²) in [4.78, 5) is 9.23. The van der Waals surface area contributed by atoms with Gasteiger partial charge in [0.25, 0.3) is 0 Å². The average molecular weight is 294 g/mol. The molecule has 1 saturated heterocycles. The van der Waals surface area contributed by atoms with Crippen molar-refractivity contribution in [3.05, 3.63) is 11.4 Å². The molecule has 0 aromatic carbocycles. The van der Waals surface area contributed by atoms with Gasteiger partial charge in [-0.15, -0.1) is 0 Å². The largest absolute Gasteiger partial charge is 0.370 e. The monoisotopic (exact) mass is 294 g/mol. The van der Waals surface area contributed by atoms with E-state index in [2.05, 4.69) is 60.1 Å². The summed E-state index contributed by atoms with van der Waals surface area (Å²) < 4.78 is 0.349. The normalized spacial score (nSPS) is 22.0. The summed E-state index contributed by atoms with van der Waals surface area (Å²) >= 11 is 2.07. The maximum atomic E-state index is 4.65. The molecule has 1 aliphatic rings. The highest BCUT2D eigenvalue weighted by atomic mass is 32.2. The zero-order chi connectivity index (χ0) is 14.6. The molecule has 1 aliphatic heterocycles. The topological polar surface area (TPSA) is 49.8 Å². The van der Waals surface area contributed by atoms with Gasteiger partial charge in [-0.05, 0) is 39.4 Å². The molecule has 5 heteroatoms. The van der Waals surface area contributed by atoms with E-state index in [0.717, 1.165) is 42.5 Å². The van der Waals surface area contributed by atoms with Crippen LogP contribution in [-0.4, -0.2) is 33.6 Å². The van der Waals surface area contributed by atoms with Crippen LogP contribution in [0.15, 0.2) is 0 Å². The summed E-state index contributed by atoms with van der Waals surface area (Å²) in [5.74, 6) is 4.13. The Morgan fingerprint density at radius 2 is 1.90 bits per heavy atom. The Balaban J connectivity index is 2.15. The fraction of sp³-hybridized carbons (Fsp3) is 0.733. The minimum atomic E-state index is 0.349. The summed E-state index contributed by atoms with van der Waals surface area (Å²) in [5, 5.41) is 6.89. The van der Waals surface area contributed by atoms with Crippen LogP contribution in [0.4, 0.5) is 11.6 Å². The molecule has 1 unspecified atom stereocenters. The van der Waals surface area contributed by atoms with Crippen molar-refractivity contribution in [2.45, 2.75) is 51.7 Å². The van der Waals surface area contributed by atoms with Crippen molar-refractivity contribution in [1.82, 2.24) is 9.97 Å². The van der Waals surface area contributed by atoms with E-state index in [1.165, 1.54) is 18.6 Å². The molecule has 112 valence electrons. The van der Waals surface area contributed by atoms with Gasteiger partial charge in [-0.3, -0.25) is 0 Å². The molecule has 0 amide bonds. The van der Waals surface area contributed by atoms with Gasteiger partial charge in [-0.1, -0.05) is 6.92 Å². The Labute approximate surface area is 126 Å². The lowest BCUT2D eigenvalue weighted by Gasteiger charge is -2.24. The van der Waals surface area contributed by atoms with Crippen molar-refractivity contribution in [3.63, 3.8) is 0 Å². The number of nitrogens with one attached hydrogen (secondary N) is 2. The van der Waals surface area contributed by atoms with Gasteiger partial charge >= 0.3 is 0 Å². The summed E-state index contributed by atoms with van der Waals surface area (Å²) in [6.07, 6.45) is 3.48. The molecule has 1 fully saturated rings. The van der Waals surface area contributed by atoms with Crippen LogP contribution >= 0.6 is 11.8 Å². The van der Waals surface area contributed by atoms with Crippen molar-refractivity contribution in [3.8, 4) is 0 Å². The fourth-order valence-corrected chi connectivity index (χ4v) is 3.72. The molecule has 1 atom stereocenters. The number of aromatic nitrogens is 2. The molecular weight excluding hydrogens is 268 g/mol. The zero-order valence-corrected chi connectivity index (χ0v) is 13.9. The van der Waals surface area contributed by atoms with Gasteiger partial charge in [0, 0.05) is 29.8 Å². The van der Waals surface area contributed by atoms with E-state index in [4.69, 9.17) is 0 Å². The second kappa shape index (κ2) is 6.66. The van der Waals surface area contributed by atoms with Crippen LogP contribution in [0, 0.1) is 6.92 Å². The summed E-state index contributed by atoms with van der Waals surface area (Å²) in [6.45, 7) is 10.5. The van der Waals surface area contributed by atoms with Crippen LogP contribution in [0.5, 0.6) is 0 Å².